The van der Waals surface area contributed by atoms with E-state index < -0.39 is 0 Å². The molecule has 150 valence electrons. The second kappa shape index (κ2) is 8.34. The van der Waals surface area contributed by atoms with Crippen LogP contribution in [-0.4, -0.2) is 46.8 Å². The second-order valence-electron chi connectivity index (χ2n) is 7.01. The number of likely N-dealkylation sites (tertiary alicyclic amines) is 1. The first-order valence-corrected chi connectivity index (χ1v) is 9.69. The molecule has 4 rings (SSSR count). The van der Waals surface area contributed by atoms with Crippen LogP contribution in [0.1, 0.15) is 41.4 Å². The number of methoxy groups -OCH3 is 2. The molecule has 3 aromatic rings. The highest BCUT2D eigenvalue weighted by atomic mass is 16.5. The minimum Gasteiger partial charge on any atom is -0.497 e. The van der Waals surface area contributed by atoms with Crippen molar-refractivity contribution < 1.29 is 14.3 Å². The maximum atomic E-state index is 13.5. The zero-order chi connectivity index (χ0) is 20.2. The van der Waals surface area contributed by atoms with Gasteiger partial charge < -0.3 is 14.4 Å². The summed E-state index contributed by atoms with van der Waals surface area (Å²) in [6.07, 6.45) is 8.25. The number of piperidine rings is 1. The minimum atomic E-state index is -0.0753. The third-order valence-electron chi connectivity index (χ3n) is 5.40. The third kappa shape index (κ3) is 3.68. The number of benzene rings is 1. The normalized spacial score (nSPS) is 16.5. The number of aromatic amines is 1. The lowest BCUT2D eigenvalue weighted by atomic mass is 9.94. The van der Waals surface area contributed by atoms with E-state index in [1.54, 1.807) is 44.8 Å². The molecule has 1 aromatic carbocycles. The Morgan fingerprint density at radius 1 is 1.14 bits per heavy atom. The number of aromatic nitrogens is 3. The summed E-state index contributed by atoms with van der Waals surface area (Å²) < 4.78 is 10.7. The van der Waals surface area contributed by atoms with Crippen molar-refractivity contribution in [2.45, 2.75) is 25.3 Å². The average Bonchev–Trinajstić information content (AvgIpc) is 3.28. The van der Waals surface area contributed by atoms with E-state index >= 15 is 0 Å². The smallest absolute Gasteiger partial charge is 0.258 e. The van der Waals surface area contributed by atoms with Crippen LogP contribution in [0.2, 0.25) is 0 Å². The monoisotopic (exact) mass is 392 g/mol. The van der Waals surface area contributed by atoms with E-state index in [0.29, 0.717) is 23.6 Å². The number of H-pyrrole nitrogens is 1. The topological polar surface area (TPSA) is 80.3 Å². The lowest BCUT2D eigenvalue weighted by Crippen LogP contribution is -2.39. The first-order chi connectivity index (χ1) is 14.2. The largest absolute Gasteiger partial charge is 0.497 e. The van der Waals surface area contributed by atoms with Gasteiger partial charge in [0.05, 0.1) is 37.7 Å². The van der Waals surface area contributed by atoms with Gasteiger partial charge in [-0.2, -0.15) is 5.10 Å². The predicted octanol–water partition coefficient (Wildman–Crippen LogP) is 3.86. The Hall–Kier alpha value is -3.35. The number of carbonyl (C=O) groups is 1. The fourth-order valence-corrected chi connectivity index (χ4v) is 3.92. The fourth-order valence-electron chi connectivity index (χ4n) is 3.92. The molecule has 1 fully saturated rings. The van der Waals surface area contributed by atoms with E-state index in [9.17, 15) is 4.79 Å². The minimum absolute atomic E-state index is 0.0514. The molecule has 1 atom stereocenters. The van der Waals surface area contributed by atoms with E-state index in [1.165, 1.54) is 0 Å². The zero-order valence-corrected chi connectivity index (χ0v) is 16.6. The van der Waals surface area contributed by atoms with Crippen molar-refractivity contribution in [2.75, 3.05) is 20.8 Å². The summed E-state index contributed by atoms with van der Waals surface area (Å²) in [4.78, 5) is 19.5. The summed E-state index contributed by atoms with van der Waals surface area (Å²) in [7, 11) is 3.16. The molecular weight excluding hydrogens is 368 g/mol. The first kappa shape index (κ1) is 19.0. The SMILES string of the molecule is COc1ccc(C(=O)N2CCCC[C@H]2c2[nH]ncc2-c2ccncc2)c(OC)c1. The molecule has 1 aliphatic heterocycles. The molecule has 0 unspecified atom stereocenters. The fraction of sp³-hybridized carbons (Fsp3) is 0.318. The molecule has 1 aliphatic rings. The summed E-state index contributed by atoms with van der Waals surface area (Å²) >= 11 is 0. The Bertz CT molecular complexity index is 987. The van der Waals surface area contributed by atoms with E-state index in [-0.39, 0.29) is 11.9 Å². The zero-order valence-electron chi connectivity index (χ0n) is 16.6. The van der Waals surface area contributed by atoms with E-state index in [4.69, 9.17) is 9.47 Å². The lowest BCUT2D eigenvalue weighted by Gasteiger charge is -2.36. The molecule has 1 saturated heterocycles. The van der Waals surface area contributed by atoms with Crippen molar-refractivity contribution in [3.8, 4) is 22.6 Å². The number of nitrogens with zero attached hydrogens (tertiary/aromatic N) is 3. The molecule has 1 N–H and O–H groups in total. The lowest BCUT2D eigenvalue weighted by molar-refractivity contribution is 0.0603. The standard InChI is InChI=1S/C22H24N4O3/c1-28-16-6-7-17(20(13-16)29-2)22(27)26-12-4-3-5-19(26)21-18(14-24-25-21)15-8-10-23-11-9-15/h6-11,13-14,19H,3-5,12H2,1-2H3,(H,24,25)/t19-/m0/s1. The molecule has 0 aliphatic carbocycles. The van der Waals surface area contributed by atoms with Crippen LogP contribution >= 0.6 is 0 Å². The number of ether oxygens (including phenoxy) is 2. The Labute approximate surface area is 169 Å². The summed E-state index contributed by atoms with van der Waals surface area (Å²) in [6.45, 7) is 0.688. The number of hydrogen-bond acceptors (Lipinski definition) is 5. The van der Waals surface area contributed by atoms with Crippen molar-refractivity contribution >= 4 is 5.91 Å². The molecular formula is C22H24N4O3. The highest BCUT2D eigenvalue weighted by Crippen LogP contribution is 2.37. The summed E-state index contributed by atoms with van der Waals surface area (Å²) in [5.74, 6) is 1.12. The van der Waals surface area contributed by atoms with Crippen molar-refractivity contribution in [3.63, 3.8) is 0 Å². The van der Waals surface area contributed by atoms with Crippen LogP contribution in [0.3, 0.4) is 0 Å². The molecule has 1 amide bonds. The first-order valence-electron chi connectivity index (χ1n) is 9.69. The summed E-state index contributed by atoms with van der Waals surface area (Å²) in [5.41, 5.74) is 3.52. The summed E-state index contributed by atoms with van der Waals surface area (Å²) in [6, 6.07) is 9.13. The average molecular weight is 392 g/mol. The van der Waals surface area contributed by atoms with E-state index in [0.717, 1.165) is 36.1 Å². The van der Waals surface area contributed by atoms with Gasteiger partial charge in [0.2, 0.25) is 0 Å². The molecule has 3 heterocycles. The van der Waals surface area contributed by atoms with Crippen LogP contribution in [0.5, 0.6) is 11.5 Å². The highest BCUT2D eigenvalue weighted by molar-refractivity contribution is 5.97. The number of rotatable bonds is 5. The van der Waals surface area contributed by atoms with Crippen molar-refractivity contribution in [1.29, 1.82) is 0 Å². The molecule has 29 heavy (non-hydrogen) atoms. The van der Waals surface area contributed by atoms with Gasteiger partial charge in [-0.15, -0.1) is 0 Å². The quantitative estimate of drug-likeness (QED) is 0.713. The van der Waals surface area contributed by atoms with Gasteiger partial charge in [-0.25, -0.2) is 0 Å². The van der Waals surface area contributed by atoms with Crippen LogP contribution in [0.25, 0.3) is 11.1 Å². The Morgan fingerprint density at radius 3 is 2.72 bits per heavy atom. The van der Waals surface area contributed by atoms with Gasteiger partial charge in [0, 0.05) is 30.6 Å². The van der Waals surface area contributed by atoms with Crippen molar-refractivity contribution in [1.82, 2.24) is 20.1 Å². The van der Waals surface area contributed by atoms with Crippen LogP contribution < -0.4 is 9.47 Å². The Morgan fingerprint density at radius 2 is 1.97 bits per heavy atom. The van der Waals surface area contributed by atoms with Gasteiger partial charge in [0.25, 0.3) is 5.91 Å². The molecule has 7 heteroatoms. The number of pyridine rings is 1. The van der Waals surface area contributed by atoms with Crippen molar-refractivity contribution in [3.05, 3.63) is 60.2 Å². The predicted molar refractivity (Wildman–Crippen MR) is 109 cm³/mol. The Kier molecular flexibility index (Phi) is 5.46. The number of hydrogen-bond donors (Lipinski definition) is 1. The van der Waals surface area contributed by atoms with Gasteiger partial charge in [0.1, 0.15) is 11.5 Å². The number of carbonyl (C=O) groups excluding carboxylic acids is 1. The molecule has 2 aromatic heterocycles. The van der Waals surface area contributed by atoms with E-state index in [2.05, 4.69) is 15.2 Å². The molecule has 0 radical (unpaired) electrons. The molecule has 7 nitrogen and oxygen atoms in total. The van der Waals surface area contributed by atoms with E-state index in [1.807, 2.05) is 23.2 Å². The van der Waals surface area contributed by atoms with Crippen LogP contribution in [-0.2, 0) is 0 Å². The molecule has 0 bridgehead atoms. The summed E-state index contributed by atoms with van der Waals surface area (Å²) in [5, 5.41) is 7.41. The molecule has 0 saturated carbocycles. The van der Waals surface area contributed by atoms with Crippen LogP contribution in [0.15, 0.2) is 48.9 Å². The molecule has 0 spiro atoms. The number of amides is 1. The maximum absolute atomic E-state index is 13.5. The highest BCUT2D eigenvalue weighted by Gasteiger charge is 2.32. The Balaban J connectivity index is 1.69. The maximum Gasteiger partial charge on any atom is 0.258 e. The second-order valence-corrected chi connectivity index (χ2v) is 7.01. The van der Waals surface area contributed by atoms with Gasteiger partial charge >= 0.3 is 0 Å². The van der Waals surface area contributed by atoms with Crippen LogP contribution in [0.4, 0.5) is 0 Å². The van der Waals surface area contributed by atoms with Gasteiger partial charge in [-0.05, 0) is 49.1 Å². The number of nitrogens with one attached hydrogen (secondary N) is 1. The van der Waals surface area contributed by atoms with Gasteiger partial charge in [0.15, 0.2) is 0 Å². The van der Waals surface area contributed by atoms with Crippen LogP contribution in [0, 0.1) is 0 Å². The van der Waals surface area contributed by atoms with Gasteiger partial charge in [-0.1, -0.05) is 0 Å². The third-order valence-corrected chi connectivity index (χ3v) is 5.40. The van der Waals surface area contributed by atoms with Gasteiger partial charge in [-0.3, -0.25) is 14.9 Å². The van der Waals surface area contributed by atoms with Crippen molar-refractivity contribution in [2.24, 2.45) is 0 Å².